The molecule has 1 heterocycles. The third-order valence-electron chi connectivity index (χ3n) is 2.99. The van der Waals surface area contributed by atoms with Crippen LogP contribution < -0.4 is 0 Å². The SMILES string of the molecule is CN(CC1(O)CCOCC1)S(=O)(=O)CCC(=O)O. The number of aliphatic carboxylic acids is 1. The smallest absolute Gasteiger partial charge is 0.304 e. The fraction of sp³-hybridized carbons (Fsp3) is 0.900. The molecular weight excluding hydrogens is 262 g/mol. The first kappa shape index (κ1) is 15.4. The summed E-state index contributed by atoms with van der Waals surface area (Å²) >= 11 is 0. The molecule has 1 rings (SSSR count). The summed E-state index contributed by atoms with van der Waals surface area (Å²) < 4.78 is 29.7. The van der Waals surface area contributed by atoms with Crippen LogP contribution in [0.4, 0.5) is 0 Å². The summed E-state index contributed by atoms with van der Waals surface area (Å²) in [5.41, 5.74) is -1.08. The molecule has 0 bridgehead atoms. The Morgan fingerprint density at radius 3 is 2.44 bits per heavy atom. The first-order valence-electron chi connectivity index (χ1n) is 5.71. The van der Waals surface area contributed by atoms with Gasteiger partial charge >= 0.3 is 5.97 Å². The van der Waals surface area contributed by atoms with Crippen molar-refractivity contribution in [3.05, 3.63) is 0 Å². The monoisotopic (exact) mass is 281 g/mol. The first-order chi connectivity index (χ1) is 8.25. The predicted molar refractivity (Wildman–Crippen MR) is 63.7 cm³/mol. The van der Waals surface area contributed by atoms with Gasteiger partial charge in [0.2, 0.25) is 10.0 Å². The molecule has 1 aliphatic rings. The number of nitrogens with zero attached hydrogens (tertiary/aromatic N) is 1. The number of rotatable bonds is 6. The molecule has 1 saturated heterocycles. The number of hydrogen-bond acceptors (Lipinski definition) is 5. The van der Waals surface area contributed by atoms with Crippen molar-refractivity contribution in [2.45, 2.75) is 24.9 Å². The average Bonchev–Trinajstić information content (AvgIpc) is 2.27. The van der Waals surface area contributed by atoms with E-state index in [1.807, 2.05) is 0 Å². The third-order valence-corrected chi connectivity index (χ3v) is 4.79. The molecule has 1 aliphatic heterocycles. The summed E-state index contributed by atoms with van der Waals surface area (Å²) in [6.07, 6.45) is 0.325. The minimum absolute atomic E-state index is 0.0295. The van der Waals surface area contributed by atoms with E-state index in [1.54, 1.807) is 0 Å². The zero-order valence-electron chi connectivity index (χ0n) is 10.3. The van der Waals surface area contributed by atoms with Crippen LogP contribution in [0.5, 0.6) is 0 Å². The zero-order valence-corrected chi connectivity index (χ0v) is 11.1. The van der Waals surface area contributed by atoms with Gasteiger partial charge in [-0.2, -0.15) is 0 Å². The number of aliphatic hydroxyl groups is 1. The summed E-state index contributed by atoms with van der Waals surface area (Å²) in [5, 5.41) is 18.7. The quantitative estimate of drug-likeness (QED) is 0.665. The van der Waals surface area contributed by atoms with Crippen LogP contribution in [0, 0.1) is 0 Å². The molecule has 0 radical (unpaired) electrons. The van der Waals surface area contributed by atoms with Gasteiger partial charge in [0.05, 0.1) is 17.8 Å². The van der Waals surface area contributed by atoms with Crippen LogP contribution in [-0.2, 0) is 19.6 Å². The van der Waals surface area contributed by atoms with Gasteiger partial charge in [0.15, 0.2) is 0 Å². The van der Waals surface area contributed by atoms with Gasteiger partial charge in [-0.1, -0.05) is 0 Å². The molecule has 106 valence electrons. The molecular formula is C10H19NO6S. The van der Waals surface area contributed by atoms with Crippen molar-refractivity contribution in [1.82, 2.24) is 4.31 Å². The Kier molecular flexibility index (Phi) is 5.09. The van der Waals surface area contributed by atoms with Gasteiger partial charge in [0.25, 0.3) is 0 Å². The number of ether oxygens (including phenoxy) is 1. The van der Waals surface area contributed by atoms with Crippen LogP contribution in [0.3, 0.4) is 0 Å². The normalized spacial score (nSPS) is 19.9. The van der Waals surface area contributed by atoms with Crippen LogP contribution in [0.25, 0.3) is 0 Å². The van der Waals surface area contributed by atoms with Crippen LogP contribution in [0.15, 0.2) is 0 Å². The van der Waals surface area contributed by atoms with E-state index in [0.717, 1.165) is 4.31 Å². The van der Waals surface area contributed by atoms with Gasteiger partial charge in [-0.05, 0) is 0 Å². The second kappa shape index (κ2) is 5.96. The van der Waals surface area contributed by atoms with E-state index in [2.05, 4.69) is 0 Å². The minimum atomic E-state index is -3.64. The van der Waals surface area contributed by atoms with Gasteiger partial charge in [-0.25, -0.2) is 12.7 Å². The van der Waals surface area contributed by atoms with E-state index < -0.39 is 33.8 Å². The second-order valence-electron chi connectivity index (χ2n) is 4.55. The Morgan fingerprint density at radius 1 is 1.39 bits per heavy atom. The molecule has 0 aliphatic carbocycles. The lowest BCUT2D eigenvalue weighted by Crippen LogP contribution is -2.47. The number of carboxylic acid groups (broad SMARTS) is 1. The largest absolute Gasteiger partial charge is 0.481 e. The summed E-state index contributed by atoms with van der Waals surface area (Å²) in [4.78, 5) is 10.4. The Hall–Kier alpha value is -0.700. The molecule has 0 aromatic carbocycles. The van der Waals surface area contributed by atoms with Gasteiger partial charge in [-0.15, -0.1) is 0 Å². The Bertz CT molecular complexity index is 387. The molecule has 0 aromatic rings. The lowest BCUT2D eigenvalue weighted by Gasteiger charge is -2.34. The highest BCUT2D eigenvalue weighted by atomic mass is 32.2. The number of carboxylic acids is 1. The summed E-state index contributed by atoms with van der Waals surface area (Å²) in [6, 6.07) is 0. The lowest BCUT2D eigenvalue weighted by molar-refractivity contribution is -0.136. The minimum Gasteiger partial charge on any atom is -0.481 e. The number of sulfonamides is 1. The molecule has 0 spiro atoms. The van der Waals surface area contributed by atoms with E-state index in [1.165, 1.54) is 7.05 Å². The van der Waals surface area contributed by atoms with Crippen molar-refractivity contribution in [3.8, 4) is 0 Å². The van der Waals surface area contributed by atoms with Gasteiger partial charge in [0, 0.05) is 39.6 Å². The molecule has 8 heteroatoms. The predicted octanol–water partition coefficient (Wildman–Crippen LogP) is -0.736. The highest BCUT2D eigenvalue weighted by molar-refractivity contribution is 7.89. The Labute approximate surface area is 106 Å². The highest BCUT2D eigenvalue weighted by Gasteiger charge is 2.34. The molecule has 0 aromatic heterocycles. The number of hydrogen-bond donors (Lipinski definition) is 2. The molecule has 7 nitrogen and oxygen atoms in total. The van der Waals surface area contributed by atoms with Gasteiger partial charge in [-0.3, -0.25) is 4.79 Å². The van der Waals surface area contributed by atoms with E-state index in [9.17, 15) is 18.3 Å². The third kappa shape index (κ3) is 4.52. The van der Waals surface area contributed by atoms with E-state index in [-0.39, 0.29) is 6.54 Å². The molecule has 0 saturated carbocycles. The van der Waals surface area contributed by atoms with E-state index in [0.29, 0.717) is 26.1 Å². The highest BCUT2D eigenvalue weighted by Crippen LogP contribution is 2.22. The van der Waals surface area contributed by atoms with E-state index in [4.69, 9.17) is 9.84 Å². The van der Waals surface area contributed by atoms with Crippen molar-refractivity contribution in [3.63, 3.8) is 0 Å². The van der Waals surface area contributed by atoms with Gasteiger partial charge < -0.3 is 14.9 Å². The molecule has 2 N–H and O–H groups in total. The fourth-order valence-electron chi connectivity index (χ4n) is 1.79. The molecule has 0 amide bonds. The molecule has 18 heavy (non-hydrogen) atoms. The maximum atomic E-state index is 11.8. The van der Waals surface area contributed by atoms with Crippen molar-refractivity contribution in [2.24, 2.45) is 0 Å². The topological polar surface area (TPSA) is 104 Å². The van der Waals surface area contributed by atoms with Crippen molar-refractivity contribution >= 4 is 16.0 Å². The summed E-state index contributed by atoms with van der Waals surface area (Å²) in [5.74, 6) is -1.61. The lowest BCUT2D eigenvalue weighted by atomic mass is 9.95. The number of carbonyl (C=O) groups is 1. The Balaban J connectivity index is 2.57. The molecule has 0 atom stereocenters. The standard InChI is InChI=1S/C10H19NO6S/c1-11(18(15,16)7-2-9(12)13)8-10(14)3-5-17-6-4-10/h14H,2-8H2,1H3,(H,12,13). The van der Waals surface area contributed by atoms with Crippen LogP contribution in [0.2, 0.25) is 0 Å². The summed E-state index contributed by atoms with van der Waals surface area (Å²) in [6.45, 7) is 0.775. The van der Waals surface area contributed by atoms with Crippen molar-refractivity contribution < 1.29 is 28.2 Å². The van der Waals surface area contributed by atoms with Crippen LogP contribution in [-0.4, -0.2) is 67.1 Å². The van der Waals surface area contributed by atoms with E-state index >= 15 is 0 Å². The van der Waals surface area contributed by atoms with Crippen molar-refractivity contribution in [2.75, 3.05) is 32.6 Å². The maximum absolute atomic E-state index is 11.8. The fourth-order valence-corrected chi connectivity index (χ4v) is 2.98. The maximum Gasteiger partial charge on any atom is 0.304 e. The van der Waals surface area contributed by atoms with Crippen LogP contribution in [0.1, 0.15) is 19.3 Å². The summed E-state index contributed by atoms with van der Waals surface area (Å²) in [7, 11) is -2.29. The zero-order chi connectivity index (χ0) is 13.8. The molecule has 1 fully saturated rings. The van der Waals surface area contributed by atoms with Gasteiger partial charge in [0.1, 0.15) is 0 Å². The number of likely N-dealkylation sites (N-methyl/N-ethyl adjacent to an activating group) is 1. The van der Waals surface area contributed by atoms with Crippen LogP contribution >= 0.6 is 0 Å². The second-order valence-corrected chi connectivity index (χ2v) is 6.75. The van der Waals surface area contributed by atoms with Crippen molar-refractivity contribution in [1.29, 1.82) is 0 Å². The first-order valence-corrected chi connectivity index (χ1v) is 7.32. The molecule has 0 unspecified atom stereocenters. The Morgan fingerprint density at radius 2 is 1.94 bits per heavy atom. The average molecular weight is 281 g/mol.